The Morgan fingerprint density at radius 1 is 1.32 bits per heavy atom. The minimum atomic E-state index is -4.43. The van der Waals surface area contributed by atoms with Crippen LogP contribution in [0, 0.1) is 10.1 Å². The zero-order valence-corrected chi connectivity index (χ0v) is 14.2. The maximum atomic E-state index is 12.9. The van der Waals surface area contributed by atoms with Crippen LogP contribution in [-0.2, 0) is 12.7 Å². The molecule has 25 heavy (non-hydrogen) atoms. The molecule has 1 aliphatic rings. The van der Waals surface area contributed by atoms with E-state index in [-0.39, 0.29) is 18.5 Å². The Morgan fingerprint density at radius 3 is 2.56 bits per heavy atom. The minimum absolute atomic E-state index is 0.0875. The van der Waals surface area contributed by atoms with Crippen molar-refractivity contribution in [3.05, 3.63) is 45.5 Å². The molecule has 1 aromatic carbocycles. The van der Waals surface area contributed by atoms with Gasteiger partial charge in [-0.25, -0.2) is 10.1 Å². The van der Waals surface area contributed by atoms with Crippen molar-refractivity contribution in [1.82, 2.24) is 14.7 Å². The molecule has 0 atom stereocenters. The third kappa shape index (κ3) is 4.81. The Kier molecular flexibility index (Phi) is 5.51. The lowest BCUT2D eigenvalue weighted by Gasteiger charge is -2.43. The SMILES string of the molecule is CC(C)N1CN(C)C(=N[N+](=O)[O-])N(Cc2cccc(C(F)(F)F)c2)C1. The normalized spacial score (nSPS) is 18.3. The zero-order chi connectivity index (χ0) is 18.8. The van der Waals surface area contributed by atoms with E-state index >= 15 is 0 Å². The number of hydrogen-bond donors (Lipinski definition) is 0. The average Bonchev–Trinajstić information content (AvgIpc) is 2.49. The van der Waals surface area contributed by atoms with Crippen LogP contribution in [0.3, 0.4) is 0 Å². The van der Waals surface area contributed by atoms with Gasteiger partial charge in [0.15, 0.2) is 5.03 Å². The molecule has 1 aliphatic heterocycles. The predicted molar refractivity (Wildman–Crippen MR) is 85.9 cm³/mol. The summed E-state index contributed by atoms with van der Waals surface area (Å²) in [4.78, 5) is 16.1. The number of hydrazone groups is 1. The van der Waals surface area contributed by atoms with Crippen molar-refractivity contribution in [1.29, 1.82) is 0 Å². The monoisotopic (exact) mass is 359 g/mol. The molecule has 10 heteroatoms. The lowest BCUT2D eigenvalue weighted by atomic mass is 10.1. The fraction of sp³-hybridized carbons (Fsp3) is 0.533. The maximum Gasteiger partial charge on any atom is 0.416 e. The quantitative estimate of drug-likeness (QED) is 0.611. The molecule has 138 valence electrons. The Labute approximate surface area is 143 Å². The van der Waals surface area contributed by atoms with Gasteiger partial charge < -0.3 is 9.80 Å². The average molecular weight is 359 g/mol. The second-order valence-electron chi connectivity index (χ2n) is 6.20. The summed E-state index contributed by atoms with van der Waals surface area (Å²) in [5, 5.41) is 13.4. The predicted octanol–water partition coefficient (Wildman–Crippen LogP) is 2.63. The highest BCUT2D eigenvalue weighted by Gasteiger charge is 2.32. The third-order valence-electron chi connectivity index (χ3n) is 3.90. The van der Waals surface area contributed by atoms with Crippen LogP contribution in [0.4, 0.5) is 13.2 Å². The summed E-state index contributed by atoms with van der Waals surface area (Å²) in [7, 11) is 1.66. The Balaban J connectivity index is 2.30. The number of nitro groups is 1. The van der Waals surface area contributed by atoms with Crippen LogP contribution in [0.2, 0.25) is 0 Å². The van der Waals surface area contributed by atoms with Crippen molar-refractivity contribution in [3.8, 4) is 0 Å². The number of nitrogens with zero attached hydrogens (tertiary/aromatic N) is 5. The first-order valence-corrected chi connectivity index (χ1v) is 7.67. The molecule has 0 radical (unpaired) electrons. The topological polar surface area (TPSA) is 65.2 Å². The van der Waals surface area contributed by atoms with Crippen LogP contribution in [-0.4, -0.2) is 52.1 Å². The van der Waals surface area contributed by atoms with Gasteiger partial charge in [0.25, 0.3) is 5.96 Å². The molecule has 1 fully saturated rings. The Morgan fingerprint density at radius 2 is 2.00 bits per heavy atom. The summed E-state index contributed by atoms with van der Waals surface area (Å²) in [5.74, 6) is 0.124. The molecule has 0 bridgehead atoms. The minimum Gasteiger partial charge on any atom is -0.328 e. The molecule has 0 aromatic heterocycles. The van der Waals surface area contributed by atoms with E-state index in [0.29, 0.717) is 18.9 Å². The number of guanidine groups is 1. The Bertz CT molecular complexity index is 663. The molecule has 0 saturated carbocycles. The standard InChI is InChI=1S/C15H20F3N5O2/c1-11(2)22-9-20(3)14(19-23(24)25)21(10-22)8-12-5-4-6-13(7-12)15(16,17)18/h4-7,11H,8-10H2,1-3H3. The van der Waals surface area contributed by atoms with E-state index in [1.54, 1.807) is 22.9 Å². The van der Waals surface area contributed by atoms with E-state index in [2.05, 4.69) is 5.10 Å². The molecule has 0 unspecified atom stereocenters. The lowest BCUT2D eigenvalue weighted by molar-refractivity contribution is -0.486. The highest BCUT2D eigenvalue weighted by Crippen LogP contribution is 2.30. The van der Waals surface area contributed by atoms with Crippen molar-refractivity contribution in [3.63, 3.8) is 0 Å². The summed E-state index contributed by atoms with van der Waals surface area (Å²) in [5.41, 5.74) is -0.339. The largest absolute Gasteiger partial charge is 0.416 e. The van der Waals surface area contributed by atoms with Crippen molar-refractivity contribution < 1.29 is 18.2 Å². The highest BCUT2D eigenvalue weighted by molar-refractivity contribution is 5.79. The van der Waals surface area contributed by atoms with Crippen molar-refractivity contribution in [2.45, 2.75) is 32.6 Å². The molecule has 0 N–H and O–H groups in total. The number of alkyl halides is 3. The number of rotatable bonds is 4. The van der Waals surface area contributed by atoms with Gasteiger partial charge >= 0.3 is 6.18 Å². The van der Waals surface area contributed by atoms with Crippen LogP contribution < -0.4 is 0 Å². The highest BCUT2D eigenvalue weighted by atomic mass is 19.4. The molecule has 1 heterocycles. The maximum absolute atomic E-state index is 12.9. The van der Waals surface area contributed by atoms with Crippen molar-refractivity contribution >= 4 is 5.96 Å². The van der Waals surface area contributed by atoms with E-state index in [0.717, 1.165) is 12.1 Å². The third-order valence-corrected chi connectivity index (χ3v) is 3.90. The van der Waals surface area contributed by atoms with Gasteiger partial charge in [-0.1, -0.05) is 12.1 Å². The van der Waals surface area contributed by atoms with E-state index in [9.17, 15) is 23.3 Å². The first-order valence-electron chi connectivity index (χ1n) is 7.67. The molecular formula is C15H20F3N5O2. The first-order chi connectivity index (χ1) is 11.6. The van der Waals surface area contributed by atoms with Crippen LogP contribution in [0.1, 0.15) is 25.0 Å². The lowest BCUT2D eigenvalue weighted by Crippen LogP contribution is -2.58. The van der Waals surface area contributed by atoms with Gasteiger partial charge in [-0.3, -0.25) is 4.90 Å². The van der Waals surface area contributed by atoms with E-state index in [1.807, 2.05) is 18.7 Å². The summed E-state index contributed by atoms with van der Waals surface area (Å²) in [6, 6.07) is 5.11. The number of benzene rings is 1. The first kappa shape index (κ1) is 19.0. The summed E-state index contributed by atoms with van der Waals surface area (Å²) >= 11 is 0. The fourth-order valence-corrected chi connectivity index (χ4v) is 2.63. The van der Waals surface area contributed by atoms with Crippen LogP contribution in [0.15, 0.2) is 29.4 Å². The van der Waals surface area contributed by atoms with E-state index in [4.69, 9.17) is 0 Å². The van der Waals surface area contributed by atoms with Gasteiger partial charge in [0, 0.05) is 19.6 Å². The molecule has 0 spiro atoms. The van der Waals surface area contributed by atoms with Gasteiger partial charge in [-0.2, -0.15) is 13.2 Å². The number of hydrogen-bond acceptors (Lipinski definition) is 3. The van der Waals surface area contributed by atoms with Gasteiger partial charge in [0.2, 0.25) is 0 Å². The molecule has 1 aromatic rings. The van der Waals surface area contributed by atoms with Gasteiger partial charge in [0.05, 0.1) is 18.9 Å². The van der Waals surface area contributed by atoms with Crippen molar-refractivity contribution in [2.24, 2.45) is 5.10 Å². The molecule has 2 rings (SSSR count). The second kappa shape index (κ2) is 7.26. The second-order valence-corrected chi connectivity index (χ2v) is 6.20. The van der Waals surface area contributed by atoms with E-state index in [1.165, 1.54) is 6.07 Å². The summed E-state index contributed by atoms with van der Waals surface area (Å²) in [6.07, 6.45) is -4.43. The summed E-state index contributed by atoms with van der Waals surface area (Å²) in [6.45, 7) is 4.83. The Hall–Kier alpha value is -2.36. The molecule has 7 nitrogen and oxygen atoms in total. The number of halogens is 3. The smallest absolute Gasteiger partial charge is 0.328 e. The zero-order valence-electron chi connectivity index (χ0n) is 14.2. The van der Waals surface area contributed by atoms with E-state index < -0.39 is 16.8 Å². The van der Waals surface area contributed by atoms with Crippen LogP contribution >= 0.6 is 0 Å². The molecule has 0 aliphatic carbocycles. The van der Waals surface area contributed by atoms with Gasteiger partial charge in [0.1, 0.15) is 5.10 Å². The van der Waals surface area contributed by atoms with Crippen molar-refractivity contribution in [2.75, 3.05) is 20.4 Å². The van der Waals surface area contributed by atoms with Crippen LogP contribution in [0.5, 0.6) is 0 Å². The van der Waals surface area contributed by atoms with Gasteiger partial charge in [-0.05, 0) is 31.5 Å². The molecule has 0 amide bonds. The summed E-state index contributed by atoms with van der Waals surface area (Å²) < 4.78 is 38.6. The van der Waals surface area contributed by atoms with Crippen LogP contribution in [0.25, 0.3) is 0 Å². The molecular weight excluding hydrogens is 339 g/mol. The molecule has 1 saturated heterocycles. The fourth-order valence-electron chi connectivity index (χ4n) is 2.63. The van der Waals surface area contributed by atoms with Gasteiger partial charge in [-0.15, -0.1) is 0 Å².